The molecule has 1 saturated heterocycles. The zero-order valence-corrected chi connectivity index (χ0v) is 17.7. The number of halogens is 2. The van der Waals surface area contributed by atoms with Crippen LogP contribution >= 0.6 is 12.4 Å². The molecule has 2 aromatic carbocycles. The van der Waals surface area contributed by atoms with E-state index < -0.39 is 0 Å². The number of hydrogen-bond acceptors (Lipinski definition) is 5. The second kappa shape index (κ2) is 9.55. The topological polar surface area (TPSA) is 34.2 Å². The van der Waals surface area contributed by atoms with Crippen LogP contribution in [0, 0.1) is 5.82 Å². The Balaban J connectivity index is 0.00000240. The van der Waals surface area contributed by atoms with E-state index in [1.807, 2.05) is 12.1 Å². The number of likely N-dealkylation sites (N-methyl/N-ethyl adjacent to an activating group) is 1. The van der Waals surface area contributed by atoms with Crippen molar-refractivity contribution in [3.63, 3.8) is 0 Å². The Bertz CT molecular complexity index is 814. The van der Waals surface area contributed by atoms with Gasteiger partial charge in [-0.05, 0) is 44.2 Å². The van der Waals surface area contributed by atoms with E-state index in [-0.39, 0.29) is 30.1 Å². The summed E-state index contributed by atoms with van der Waals surface area (Å²) >= 11 is 0. The van der Waals surface area contributed by atoms with E-state index in [1.165, 1.54) is 6.07 Å². The summed E-state index contributed by atoms with van der Waals surface area (Å²) in [5.41, 5.74) is 1.16. The molecule has 2 aliphatic rings. The lowest BCUT2D eigenvalue weighted by molar-refractivity contribution is 0.0481. The number of para-hydroxylation sites is 3. The zero-order valence-electron chi connectivity index (χ0n) is 16.8. The first-order chi connectivity index (χ1) is 13.7. The fourth-order valence-corrected chi connectivity index (χ4v) is 4.11. The molecule has 0 amide bonds. The van der Waals surface area contributed by atoms with Gasteiger partial charge in [0.1, 0.15) is 18.5 Å². The minimum Gasteiger partial charge on any atom is -0.495 e. The number of ether oxygens (including phenoxy) is 3. The van der Waals surface area contributed by atoms with Crippen molar-refractivity contribution in [2.75, 3.05) is 45.3 Å². The molecule has 0 N–H and O–H groups in total. The van der Waals surface area contributed by atoms with Gasteiger partial charge in [-0.25, -0.2) is 4.39 Å². The standard InChI is InChI=1S/C22H27FN2O3.ClH/c1-24(14-17-15-27-22-18(23)6-5-9-21(22)28-17)16-10-12-25(13-11-16)19-7-3-4-8-20(19)26-2;/h3-9,16-17H,10-15H2,1-2H3;1H. The second-order valence-electron chi connectivity index (χ2n) is 7.45. The summed E-state index contributed by atoms with van der Waals surface area (Å²) in [4.78, 5) is 4.74. The highest BCUT2D eigenvalue weighted by Crippen LogP contribution is 2.34. The third-order valence-corrected chi connectivity index (χ3v) is 5.64. The molecule has 1 unspecified atom stereocenters. The molecule has 0 spiro atoms. The molecule has 2 aliphatic heterocycles. The lowest BCUT2D eigenvalue weighted by Gasteiger charge is -2.39. The Kier molecular flexibility index (Phi) is 7.09. The SMILES string of the molecule is COc1ccccc1N1CCC(N(C)CC2COc3c(F)cccc3O2)CC1.Cl. The average molecular weight is 423 g/mol. The van der Waals surface area contributed by atoms with Gasteiger partial charge in [-0.15, -0.1) is 12.4 Å². The van der Waals surface area contributed by atoms with Crippen LogP contribution in [0.1, 0.15) is 12.8 Å². The lowest BCUT2D eigenvalue weighted by Crippen LogP contribution is -2.48. The van der Waals surface area contributed by atoms with Crippen LogP contribution < -0.4 is 19.1 Å². The monoisotopic (exact) mass is 422 g/mol. The van der Waals surface area contributed by atoms with Crippen LogP contribution in [0.25, 0.3) is 0 Å². The van der Waals surface area contributed by atoms with Crippen molar-refractivity contribution < 1.29 is 18.6 Å². The number of methoxy groups -OCH3 is 1. The molecule has 4 rings (SSSR count). The van der Waals surface area contributed by atoms with E-state index in [4.69, 9.17) is 14.2 Å². The highest BCUT2D eigenvalue weighted by Gasteiger charge is 2.29. The summed E-state index contributed by atoms with van der Waals surface area (Å²) in [5, 5.41) is 0. The van der Waals surface area contributed by atoms with Crippen molar-refractivity contribution in [2.24, 2.45) is 0 Å². The predicted octanol–water partition coefficient (Wildman–Crippen LogP) is 4.00. The molecule has 158 valence electrons. The highest BCUT2D eigenvalue weighted by atomic mass is 35.5. The number of hydrogen-bond donors (Lipinski definition) is 0. The lowest BCUT2D eigenvalue weighted by atomic mass is 10.0. The first kappa shape index (κ1) is 21.5. The number of rotatable bonds is 5. The van der Waals surface area contributed by atoms with E-state index in [9.17, 15) is 4.39 Å². The first-order valence-electron chi connectivity index (χ1n) is 9.82. The molecule has 7 heteroatoms. The average Bonchev–Trinajstić information content (AvgIpc) is 2.74. The maximum Gasteiger partial charge on any atom is 0.197 e. The zero-order chi connectivity index (χ0) is 19.5. The first-order valence-corrected chi connectivity index (χ1v) is 9.82. The quantitative estimate of drug-likeness (QED) is 0.727. The Hall–Kier alpha value is -2.18. The Morgan fingerprint density at radius 2 is 1.90 bits per heavy atom. The Morgan fingerprint density at radius 1 is 1.14 bits per heavy atom. The van der Waals surface area contributed by atoms with Crippen molar-refractivity contribution in [1.82, 2.24) is 4.90 Å². The van der Waals surface area contributed by atoms with Crippen molar-refractivity contribution >= 4 is 18.1 Å². The van der Waals surface area contributed by atoms with Gasteiger partial charge in [0, 0.05) is 25.7 Å². The summed E-state index contributed by atoms with van der Waals surface area (Å²) in [5.74, 6) is 1.28. The van der Waals surface area contributed by atoms with Crippen LogP contribution in [0.15, 0.2) is 42.5 Å². The maximum atomic E-state index is 13.8. The van der Waals surface area contributed by atoms with Crippen LogP contribution in [-0.4, -0.2) is 57.4 Å². The largest absolute Gasteiger partial charge is 0.495 e. The fraction of sp³-hybridized carbons (Fsp3) is 0.455. The molecule has 2 aromatic rings. The Labute approximate surface area is 177 Å². The van der Waals surface area contributed by atoms with Gasteiger partial charge in [0.05, 0.1) is 12.8 Å². The molecule has 0 bridgehead atoms. The van der Waals surface area contributed by atoms with Crippen molar-refractivity contribution in [3.8, 4) is 17.2 Å². The summed E-state index contributed by atoms with van der Waals surface area (Å²) < 4.78 is 30.8. The van der Waals surface area contributed by atoms with E-state index in [2.05, 4.69) is 29.0 Å². The molecule has 2 heterocycles. The normalized spacial score (nSPS) is 19.0. The van der Waals surface area contributed by atoms with Gasteiger partial charge in [0.25, 0.3) is 0 Å². The second-order valence-corrected chi connectivity index (χ2v) is 7.45. The van der Waals surface area contributed by atoms with E-state index >= 15 is 0 Å². The van der Waals surface area contributed by atoms with Crippen molar-refractivity contribution in [3.05, 3.63) is 48.3 Å². The molecule has 0 aromatic heterocycles. The van der Waals surface area contributed by atoms with Crippen LogP contribution in [0.2, 0.25) is 0 Å². The van der Waals surface area contributed by atoms with Crippen LogP contribution in [0.4, 0.5) is 10.1 Å². The van der Waals surface area contributed by atoms with Crippen LogP contribution in [0.3, 0.4) is 0 Å². The third kappa shape index (κ3) is 4.70. The highest BCUT2D eigenvalue weighted by molar-refractivity contribution is 5.85. The van der Waals surface area contributed by atoms with Crippen molar-refractivity contribution in [1.29, 1.82) is 0 Å². The summed E-state index contributed by atoms with van der Waals surface area (Å²) in [6.07, 6.45) is 2.06. The molecule has 5 nitrogen and oxygen atoms in total. The number of benzene rings is 2. The predicted molar refractivity (Wildman–Crippen MR) is 114 cm³/mol. The van der Waals surface area contributed by atoms with Gasteiger partial charge in [-0.1, -0.05) is 18.2 Å². The molecule has 0 aliphatic carbocycles. The third-order valence-electron chi connectivity index (χ3n) is 5.64. The van der Waals surface area contributed by atoms with E-state index in [1.54, 1.807) is 19.2 Å². The minimum absolute atomic E-state index is 0. The maximum absolute atomic E-state index is 13.8. The van der Waals surface area contributed by atoms with Crippen LogP contribution in [-0.2, 0) is 0 Å². The van der Waals surface area contributed by atoms with Gasteiger partial charge in [-0.3, -0.25) is 4.90 Å². The minimum atomic E-state index is -0.368. The van der Waals surface area contributed by atoms with Gasteiger partial charge < -0.3 is 19.1 Å². The molecule has 1 atom stereocenters. The summed E-state index contributed by atoms with van der Waals surface area (Å²) in [7, 11) is 3.85. The summed E-state index contributed by atoms with van der Waals surface area (Å²) in [6, 6.07) is 13.5. The molecule has 29 heavy (non-hydrogen) atoms. The van der Waals surface area contributed by atoms with Gasteiger partial charge >= 0.3 is 0 Å². The van der Waals surface area contributed by atoms with E-state index in [0.717, 1.165) is 43.9 Å². The Morgan fingerprint density at radius 3 is 2.66 bits per heavy atom. The molecular formula is C22H28ClFN2O3. The number of nitrogens with zero attached hydrogens (tertiary/aromatic N) is 2. The van der Waals surface area contributed by atoms with E-state index in [0.29, 0.717) is 18.4 Å². The number of piperidine rings is 1. The molecular weight excluding hydrogens is 395 g/mol. The summed E-state index contributed by atoms with van der Waals surface area (Å²) in [6.45, 7) is 3.12. The molecule has 0 saturated carbocycles. The number of fused-ring (bicyclic) bond motifs is 1. The van der Waals surface area contributed by atoms with Gasteiger partial charge in [0.15, 0.2) is 17.3 Å². The molecule has 0 radical (unpaired) electrons. The number of anilines is 1. The smallest absolute Gasteiger partial charge is 0.197 e. The fourth-order valence-electron chi connectivity index (χ4n) is 4.11. The van der Waals surface area contributed by atoms with Crippen LogP contribution in [0.5, 0.6) is 17.2 Å². The van der Waals surface area contributed by atoms with Crippen molar-refractivity contribution in [2.45, 2.75) is 25.0 Å². The van der Waals surface area contributed by atoms with Gasteiger partial charge in [-0.2, -0.15) is 0 Å². The molecule has 1 fully saturated rings. The van der Waals surface area contributed by atoms with Gasteiger partial charge in [0.2, 0.25) is 0 Å².